The number of morpholine rings is 1. The second-order valence-corrected chi connectivity index (χ2v) is 3.76. The lowest BCUT2D eigenvalue weighted by molar-refractivity contribution is -0.120. The summed E-state index contributed by atoms with van der Waals surface area (Å²) in [5.74, 6) is -0.0645. The topological polar surface area (TPSA) is 63.2 Å². The van der Waals surface area contributed by atoms with Crippen molar-refractivity contribution in [1.82, 2.24) is 10.3 Å². The van der Waals surface area contributed by atoms with Gasteiger partial charge in [0.05, 0.1) is 13.2 Å². The van der Waals surface area contributed by atoms with Gasteiger partial charge in [-0.25, -0.2) is 0 Å². The zero-order chi connectivity index (χ0) is 11.4. The first-order valence-electron chi connectivity index (χ1n) is 5.30. The molecular formula is C11H15N3O2. The number of amides is 1. The van der Waals surface area contributed by atoms with Crippen molar-refractivity contribution >= 4 is 11.6 Å². The molecule has 86 valence electrons. The largest absolute Gasteiger partial charge is 0.378 e. The molecule has 0 aliphatic carbocycles. The van der Waals surface area contributed by atoms with Crippen molar-refractivity contribution in [2.45, 2.75) is 13.0 Å². The zero-order valence-electron chi connectivity index (χ0n) is 9.19. The number of anilines is 1. The van der Waals surface area contributed by atoms with Crippen LogP contribution in [0.15, 0.2) is 18.3 Å². The number of hydrogen-bond acceptors (Lipinski definition) is 4. The lowest BCUT2D eigenvalue weighted by Gasteiger charge is -2.22. The van der Waals surface area contributed by atoms with Crippen LogP contribution in [0.25, 0.3) is 0 Å². The number of carbonyl (C=O) groups excluding carboxylic acids is 1. The summed E-state index contributed by atoms with van der Waals surface area (Å²) in [6.07, 6.45) is 1.68. The molecule has 2 rings (SSSR count). The Morgan fingerprint density at radius 1 is 1.69 bits per heavy atom. The van der Waals surface area contributed by atoms with Crippen molar-refractivity contribution in [3.63, 3.8) is 0 Å². The summed E-state index contributed by atoms with van der Waals surface area (Å²) in [5, 5.41) is 5.93. The Kier molecular flexibility index (Phi) is 3.48. The first kappa shape index (κ1) is 11.0. The van der Waals surface area contributed by atoms with Crippen molar-refractivity contribution in [2.24, 2.45) is 0 Å². The Hall–Kier alpha value is -1.46. The second-order valence-electron chi connectivity index (χ2n) is 3.76. The smallest absolute Gasteiger partial charge is 0.243 e. The Morgan fingerprint density at radius 3 is 3.25 bits per heavy atom. The fraction of sp³-hybridized carbons (Fsp3) is 0.455. The Labute approximate surface area is 94.2 Å². The van der Waals surface area contributed by atoms with Gasteiger partial charge in [0.15, 0.2) is 0 Å². The molecule has 2 N–H and O–H groups in total. The van der Waals surface area contributed by atoms with Crippen LogP contribution in [0.3, 0.4) is 0 Å². The predicted octanol–water partition coefficient (Wildman–Crippen LogP) is 0.317. The fourth-order valence-electron chi connectivity index (χ4n) is 1.59. The van der Waals surface area contributed by atoms with Gasteiger partial charge >= 0.3 is 0 Å². The van der Waals surface area contributed by atoms with Gasteiger partial charge in [-0.15, -0.1) is 0 Å². The number of hydrogen-bond donors (Lipinski definition) is 2. The molecule has 1 unspecified atom stereocenters. The summed E-state index contributed by atoms with van der Waals surface area (Å²) in [4.78, 5) is 15.9. The highest BCUT2D eigenvalue weighted by atomic mass is 16.5. The van der Waals surface area contributed by atoms with E-state index >= 15 is 0 Å². The van der Waals surface area contributed by atoms with Crippen molar-refractivity contribution in [3.8, 4) is 0 Å². The van der Waals surface area contributed by atoms with E-state index in [2.05, 4.69) is 15.6 Å². The minimum Gasteiger partial charge on any atom is -0.378 e. The number of nitrogens with zero attached hydrogens (tertiary/aromatic N) is 1. The van der Waals surface area contributed by atoms with Gasteiger partial charge in [-0.3, -0.25) is 9.78 Å². The van der Waals surface area contributed by atoms with E-state index in [4.69, 9.17) is 4.74 Å². The molecule has 16 heavy (non-hydrogen) atoms. The van der Waals surface area contributed by atoms with E-state index in [1.807, 2.05) is 13.0 Å². The highest BCUT2D eigenvalue weighted by molar-refractivity contribution is 5.95. The molecule has 0 radical (unpaired) electrons. The molecule has 0 saturated carbocycles. The number of pyridine rings is 1. The van der Waals surface area contributed by atoms with Crippen LogP contribution in [0.4, 0.5) is 5.69 Å². The van der Waals surface area contributed by atoms with E-state index in [1.54, 1.807) is 12.3 Å². The summed E-state index contributed by atoms with van der Waals surface area (Å²) in [6.45, 7) is 3.69. The maximum absolute atomic E-state index is 11.8. The highest BCUT2D eigenvalue weighted by Crippen LogP contribution is 2.08. The summed E-state index contributed by atoms with van der Waals surface area (Å²) in [5.41, 5.74) is 1.65. The number of carbonyl (C=O) groups is 1. The van der Waals surface area contributed by atoms with Crippen molar-refractivity contribution in [2.75, 3.05) is 25.1 Å². The molecule has 5 heteroatoms. The lowest BCUT2D eigenvalue weighted by Crippen LogP contribution is -2.48. The summed E-state index contributed by atoms with van der Waals surface area (Å²) >= 11 is 0. The predicted molar refractivity (Wildman–Crippen MR) is 60.2 cm³/mol. The van der Waals surface area contributed by atoms with E-state index in [0.29, 0.717) is 19.8 Å². The van der Waals surface area contributed by atoms with Crippen molar-refractivity contribution < 1.29 is 9.53 Å². The number of nitrogens with one attached hydrogen (secondary N) is 2. The molecule has 1 aromatic heterocycles. The lowest BCUT2D eigenvalue weighted by atomic mass is 10.2. The van der Waals surface area contributed by atoms with E-state index in [9.17, 15) is 4.79 Å². The Morgan fingerprint density at radius 2 is 2.56 bits per heavy atom. The van der Waals surface area contributed by atoms with Gasteiger partial charge in [-0.1, -0.05) is 0 Å². The molecule has 1 amide bonds. The molecular weight excluding hydrogens is 206 g/mol. The number of aryl methyl sites for hydroxylation is 1. The van der Waals surface area contributed by atoms with Crippen LogP contribution in [0.2, 0.25) is 0 Å². The van der Waals surface area contributed by atoms with E-state index in [0.717, 1.165) is 11.4 Å². The third-order valence-electron chi connectivity index (χ3n) is 2.40. The average molecular weight is 221 g/mol. The van der Waals surface area contributed by atoms with Crippen LogP contribution in [0.1, 0.15) is 5.69 Å². The van der Waals surface area contributed by atoms with Gasteiger partial charge in [0.2, 0.25) is 5.91 Å². The van der Waals surface area contributed by atoms with Crippen LogP contribution in [-0.2, 0) is 9.53 Å². The van der Waals surface area contributed by atoms with Gasteiger partial charge in [0.25, 0.3) is 0 Å². The Bertz CT molecular complexity index is 375. The van der Waals surface area contributed by atoms with E-state index in [1.165, 1.54) is 0 Å². The minimum absolute atomic E-state index is 0.0645. The number of rotatable bonds is 2. The van der Waals surface area contributed by atoms with Gasteiger partial charge < -0.3 is 15.4 Å². The fourth-order valence-corrected chi connectivity index (χ4v) is 1.59. The van der Waals surface area contributed by atoms with Gasteiger partial charge in [0.1, 0.15) is 6.04 Å². The molecule has 0 bridgehead atoms. The third kappa shape index (κ3) is 2.77. The monoisotopic (exact) mass is 221 g/mol. The quantitative estimate of drug-likeness (QED) is 0.754. The molecule has 1 fully saturated rings. The normalized spacial score (nSPS) is 20.4. The van der Waals surface area contributed by atoms with Crippen LogP contribution < -0.4 is 10.6 Å². The minimum atomic E-state index is -0.262. The van der Waals surface area contributed by atoms with E-state index < -0.39 is 0 Å². The third-order valence-corrected chi connectivity index (χ3v) is 2.40. The maximum Gasteiger partial charge on any atom is 0.243 e. The molecule has 1 saturated heterocycles. The van der Waals surface area contributed by atoms with Gasteiger partial charge in [-0.05, 0) is 19.1 Å². The molecule has 0 spiro atoms. The standard InChI is InChI=1S/C11H15N3O2/c1-8-6-9(2-3-12-8)14-11(15)10-7-16-5-4-13-10/h2-3,6,10,13H,4-5,7H2,1H3,(H,12,14,15). The summed E-state index contributed by atoms with van der Waals surface area (Å²) < 4.78 is 5.23. The molecule has 1 aromatic rings. The van der Waals surface area contributed by atoms with Gasteiger partial charge in [0, 0.05) is 24.1 Å². The SMILES string of the molecule is Cc1cc(NC(=O)C2COCCN2)ccn1. The summed E-state index contributed by atoms with van der Waals surface area (Å²) in [6, 6.07) is 3.35. The molecule has 0 aromatic carbocycles. The zero-order valence-corrected chi connectivity index (χ0v) is 9.19. The van der Waals surface area contributed by atoms with Crippen LogP contribution >= 0.6 is 0 Å². The molecule has 1 atom stereocenters. The van der Waals surface area contributed by atoms with Crippen molar-refractivity contribution in [3.05, 3.63) is 24.0 Å². The molecule has 1 aliphatic heterocycles. The molecule has 5 nitrogen and oxygen atoms in total. The Balaban J connectivity index is 1.96. The molecule has 1 aliphatic rings. The first-order chi connectivity index (χ1) is 7.75. The number of aromatic nitrogens is 1. The highest BCUT2D eigenvalue weighted by Gasteiger charge is 2.20. The van der Waals surface area contributed by atoms with Crippen molar-refractivity contribution in [1.29, 1.82) is 0 Å². The van der Waals surface area contributed by atoms with Gasteiger partial charge in [-0.2, -0.15) is 0 Å². The van der Waals surface area contributed by atoms with E-state index in [-0.39, 0.29) is 11.9 Å². The van der Waals surface area contributed by atoms with Crippen LogP contribution in [-0.4, -0.2) is 36.7 Å². The second kappa shape index (κ2) is 5.05. The summed E-state index contributed by atoms with van der Waals surface area (Å²) in [7, 11) is 0. The number of ether oxygens (including phenoxy) is 1. The van der Waals surface area contributed by atoms with Crippen LogP contribution in [0.5, 0.6) is 0 Å². The van der Waals surface area contributed by atoms with Crippen LogP contribution in [0, 0.1) is 6.92 Å². The first-order valence-corrected chi connectivity index (χ1v) is 5.30. The maximum atomic E-state index is 11.8. The average Bonchev–Trinajstić information content (AvgIpc) is 2.30. The molecule has 2 heterocycles.